The first-order valence-corrected chi connectivity index (χ1v) is 45.6. The van der Waals surface area contributed by atoms with E-state index in [1.165, 1.54) is 92.2 Å². The normalized spacial score (nSPS) is 11.3. The topological polar surface area (TPSA) is 176 Å². The quantitative estimate of drug-likeness (QED) is 0.0536. The van der Waals surface area contributed by atoms with Crippen molar-refractivity contribution < 1.29 is 110 Å². The molecule has 0 amide bonds. The van der Waals surface area contributed by atoms with Gasteiger partial charge in [0, 0.05) is 143 Å². The Morgan fingerprint density at radius 1 is 0.372 bits per heavy atom. The summed E-state index contributed by atoms with van der Waals surface area (Å²) in [5.41, 5.74) is 27.9. The Labute approximate surface area is 871 Å². The number of pyridine rings is 5. The Bertz CT molecular complexity index is 6390. The molecular formula is C122H134Ir4N5O6-5. The monoisotopic (exact) mass is 2540 g/mol. The number of allylic oxidation sites excluding steroid dienone is 6. The summed E-state index contributed by atoms with van der Waals surface area (Å²) in [6, 6.07) is 105. The van der Waals surface area contributed by atoms with Crippen LogP contribution in [0.5, 0.6) is 0 Å². The summed E-state index contributed by atoms with van der Waals surface area (Å²) < 4.78 is 0. The Balaban J connectivity index is 0.000000329. The molecule has 5 heterocycles. The fraction of sp³-hybridized carbons (Fsp3) is 0.279. The van der Waals surface area contributed by atoms with Gasteiger partial charge in [0.15, 0.2) is 17.3 Å². The van der Waals surface area contributed by atoms with Crippen molar-refractivity contribution in [3.8, 4) is 67.4 Å². The molecule has 137 heavy (non-hydrogen) atoms. The fourth-order valence-electron chi connectivity index (χ4n) is 14.2. The number of carbonyl (C=O) groups excluding carboxylic acids is 3. The molecule has 0 fully saturated rings. The summed E-state index contributed by atoms with van der Waals surface area (Å²) in [5, 5.41) is 32.1. The van der Waals surface area contributed by atoms with Crippen molar-refractivity contribution in [3.05, 3.63) is 394 Å². The molecular weight excluding hydrogens is 2400 g/mol. The van der Waals surface area contributed by atoms with Gasteiger partial charge in [-0.25, -0.2) is 0 Å². The van der Waals surface area contributed by atoms with Gasteiger partial charge in [0.1, 0.15) is 17.3 Å². The molecule has 0 aliphatic rings. The number of aryl methyl sites for hydroxylation is 8. The molecule has 10 aromatic carbocycles. The molecule has 724 valence electrons. The number of aromatic nitrogens is 5. The maximum absolute atomic E-state index is 11.5. The number of aliphatic hydroxyl groups excluding tert-OH is 3. The van der Waals surface area contributed by atoms with Gasteiger partial charge in [-0.3, -0.25) is 29.3 Å². The van der Waals surface area contributed by atoms with Crippen LogP contribution in [0.1, 0.15) is 186 Å². The number of para-hydroxylation sites is 2. The van der Waals surface area contributed by atoms with E-state index in [-0.39, 0.29) is 126 Å². The zero-order chi connectivity index (χ0) is 97.7. The molecule has 0 spiro atoms. The molecule has 15 heteroatoms. The average molecular weight is 2540 g/mol. The Kier molecular flexibility index (Phi) is 47.9. The third-order valence-electron chi connectivity index (χ3n) is 21.2. The summed E-state index contributed by atoms with van der Waals surface area (Å²) >= 11 is 0. The van der Waals surface area contributed by atoms with Gasteiger partial charge < -0.3 is 25.3 Å². The maximum Gasteiger partial charge on any atom is 0.164 e. The van der Waals surface area contributed by atoms with E-state index in [9.17, 15) is 29.7 Å². The minimum Gasteiger partial charge on any atom is -0.512 e. The molecule has 0 unspecified atom stereocenters. The number of aliphatic hydroxyl groups is 3. The third-order valence-corrected chi connectivity index (χ3v) is 21.2. The minimum atomic E-state index is -0.417. The SMILES string of the molecule is CC(=O)C(=C(C)O)c1ccccc1.CC(C)(C)C(=O)C=C(O)C(C)(C)C.CC(C)(C)C(=O)C=C(O)C(C)(C)C.Cc1[c-]c(-c2cc(CC(C)C)c3ccccc3n2)cc(C)c1.Cc1[c-]c(-c2ccc3c(CC(C)C)cccc3n2)cc(C)c1.Cc1[c-]c(-c2ccc3ccccc3n2)cc(C)c1.Cc1cc(-c2[c-]cccc2)ncc1-c1ccccc1.Cc1cccnc1-c1[c-]cccc1.[Ir].[Ir].[Ir].[Ir]. The van der Waals surface area contributed by atoms with E-state index < -0.39 is 10.8 Å². The largest absolute Gasteiger partial charge is 0.512 e. The first kappa shape index (κ1) is 118. The number of benzene rings is 10. The molecule has 4 radical (unpaired) electrons. The van der Waals surface area contributed by atoms with Crippen LogP contribution < -0.4 is 0 Å². The predicted octanol–water partition coefficient (Wildman–Crippen LogP) is 31.5. The van der Waals surface area contributed by atoms with E-state index in [2.05, 4.69) is 263 Å². The van der Waals surface area contributed by atoms with E-state index in [1.54, 1.807) is 12.1 Å². The van der Waals surface area contributed by atoms with Gasteiger partial charge in [-0.05, 0) is 138 Å². The molecule has 0 bridgehead atoms. The average Bonchev–Trinajstić information content (AvgIpc) is 0.796. The second-order valence-corrected chi connectivity index (χ2v) is 38.9. The number of fused-ring (bicyclic) bond motifs is 3. The van der Waals surface area contributed by atoms with E-state index in [0.29, 0.717) is 17.4 Å². The van der Waals surface area contributed by atoms with Crippen LogP contribution in [0.25, 0.3) is 106 Å². The zero-order valence-corrected chi connectivity index (χ0v) is 93.9. The number of rotatable bonds is 14. The van der Waals surface area contributed by atoms with Crippen molar-refractivity contribution in [2.45, 2.75) is 193 Å². The number of nitrogens with zero attached hydrogens (tertiary/aromatic N) is 5. The number of hydrogen-bond acceptors (Lipinski definition) is 11. The fourth-order valence-corrected chi connectivity index (χ4v) is 14.2. The van der Waals surface area contributed by atoms with Gasteiger partial charge in [0.05, 0.1) is 22.1 Å². The Morgan fingerprint density at radius 3 is 1.25 bits per heavy atom. The minimum absolute atomic E-state index is 0. The number of hydrogen-bond donors (Lipinski definition) is 3. The number of Topliss-reactive ketones (excluding diaryl/α,β-unsaturated/α-hetero) is 1. The van der Waals surface area contributed by atoms with Crippen LogP contribution in [0.2, 0.25) is 0 Å². The van der Waals surface area contributed by atoms with E-state index in [4.69, 9.17) is 15.0 Å². The van der Waals surface area contributed by atoms with Crippen molar-refractivity contribution in [3.63, 3.8) is 0 Å². The second-order valence-electron chi connectivity index (χ2n) is 38.9. The Morgan fingerprint density at radius 2 is 0.796 bits per heavy atom. The van der Waals surface area contributed by atoms with Crippen LogP contribution in [0.3, 0.4) is 0 Å². The first-order chi connectivity index (χ1) is 62.7. The van der Waals surface area contributed by atoms with Crippen LogP contribution in [-0.4, -0.2) is 57.6 Å². The van der Waals surface area contributed by atoms with Crippen LogP contribution in [0.15, 0.2) is 303 Å². The van der Waals surface area contributed by atoms with Crippen molar-refractivity contribution in [1.29, 1.82) is 0 Å². The zero-order valence-electron chi connectivity index (χ0n) is 84.3. The van der Waals surface area contributed by atoms with E-state index in [0.717, 1.165) is 108 Å². The molecule has 15 rings (SSSR count). The van der Waals surface area contributed by atoms with Gasteiger partial charge in [0.2, 0.25) is 0 Å². The van der Waals surface area contributed by atoms with Crippen LogP contribution in [-0.2, 0) is 108 Å². The van der Waals surface area contributed by atoms with E-state index >= 15 is 0 Å². The first-order valence-electron chi connectivity index (χ1n) is 45.6. The molecule has 0 saturated heterocycles. The molecule has 15 aromatic rings. The summed E-state index contributed by atoms with van der Waals surface area (Å²) in [6.07, 6.45) is 8.58. The summed E-state index contributed by atoms with van der Waals surface area (Å²) in [7, 11) is 0. The van der Waals surface area contributed by atoms with Crippen molar-refractivity contribution in [2.75, 3.05) is 0 Å². The van der Waals surface area contributed by atoms with E-state index in [1.807, 2.05) is 205 Å². The molecule has 0 atom stereocenters. The summed E-state index contributed by atoms with van der Waals surface area (Å²) in [4.78, 5) is 57.4. The van der Waals surface area contributed by atoms with Crippen LogP contribution >= 0.6 is 0 Å². The van der Waals surface area contributed by atoms with Crippen LogP contribution in [0.4, 0.5) is 0 Å². The van der Waals surface area contributed by atoms with Gasteiger partial charge in [-0.2, -0.15) is 0 Å². The molecule has 0 saturated carbocycles. The second kappa shape index (κ2) is 55.5. The summed E-state index contributed by atoms with van der Waals surface area (Å²) in [5.74, 6) is 1.43. The molecule has 5 aromatic heterocycles. The maximum atomic E-state index is 11.5. The van der Waals surface area contributed by atoms with Gasteiger partial charge in [0.25, 0.3) is 0 Å². The summed E-state index contributed by atoms with van der Waals surface area (Å²) in [6.45, 7) is 51.0. The standard InChI is InChI=1S/2C21H22N.C18H14N.C17H14N.C12H10N.C11H12O2.2C11H20O2.4Ir/c1-14(2)10-17-6-5-7-21-19(17)8-9-20(22-21)18-12-15(3)11-16(4)13-18;1-14(2)9-17-13-21(18-11-15(3)10-16(4)12-18)22-20-8-6-5-7-19(17)20;1-14-12-18(16-10-6-3-7-11-16)19-13-17(14)15-8-4-2-5-9-15;1-12-9-13(2)11-15(10-12)17-8-7-14-5-3-4-6-16(14)18-17;1-10-6-5-9-13-12(10)11-7-3-2-4-8-11;1-8(12)11(9(2)13)10-6-4-3-5-7-10;2*1-10(2,3)8(12)7-9(13)11(4,5)6;;;;/h5-9,11-12,14H,10H2,1-4H3;5-8,10-11,13-14H,9H2,1-4H3;2-10,12-13H,1H3;3-10H,1-2H3;2-7,9H,1H3;3-7,12H,1-2H3;2*7,12H,1-6H3;;;;/q5*-1;;;;;;;. The molecule has 0 aliphatic heterocycles. The van der Waals surface area contributed by atoms with Gasteiger partial charge >= 0.3 is 0 Å². The molecule has 11 nitrogen and oxygen atoms in total. The number of carbonyl (C=O) groups is 3. The van der Waals surface area contributed by atoms with Gasteiger partial charge in [-0.15, -0.1) is 176 Å². The Hall–Kier alpha value is -11.0. The molecule has 0 aliphatic carbocycles. The molecule has 3 N–H and O–H groups in total. The van der Waals surface area contributed by atoms with Gasteiger partial charge in [-0.1, -0.05) is 310 Å². The smallest absolute Gasteiger partial charge is 0.164 e. The van der Waals surface area contributed by atoms with Crippen LogP contribution in [0, 0.1) is 119 Å². The van der Waals surface area contributed by atoms with Crippen molar-refractivity contribution >= 4 is 55.6 Å². The number of ketones is 3. The van der Waals surface area contributed by atoms with Crippen molar-refractivity contribution in [2.24, 2.45) is 33.5 Å². The predicted molar refractivity (Wildman–Crippen MR) is 557 cm³/mol. The third kappa shape index (κ3) is 38.0. The van der Waals surface area contributed by atoms with Crippen molar-refractivity contribution in [1.82, 2.24) is 24.9 Å².